The van der Waals surface area contributed by atoms with Crippen molar-refractivity contribution in [2.24, 2.45) is 0 Å². The number of halogens is 4. The number of fused-ring (bicyclic) bond motifs is 2. The van der Waals surface area contributed by atoms with Crippen LogP contribution in [-0.4, -0.2) is 50.4 Å². The summed E-state index contributed by atoms with van der Waals surface area (Å²) in [4.78, 5) is 12.4. The Balaban J connectivity index is 1.88. The van der Waals surface area contributed by atoms with Crippen LogP contribution in [0.1, 0.15) is 89.5 Å². The first-order valence-corrected chi connectivity index (χ1v) is 18.1. The lowest BCUT2D eigenvalue weighted by Crippen LogP contribution is -2.30. The number of unbranched alkanes of at least 4 members (excludes halogenated alkanes) is 3. The third-order valence-electron chi connectivity index (χ3n) is 9.08. The van der Waals surface area contributed by atoms with Crippen LogP contribution in [0.25, 0.3) is 17.4 Å². The summed E-state index contributed by atoms with van der Waals surface area (Å²) in [7, 11) is -0.710. The fourth-order valence-electron chi connectivity index (χ4n) is 6.39. The quantitative estimate of drug-likeness (QED) is 0.0492. The van der Waals surface area contributed by atoms with Crippen LogP contribution in [0.5, 0.6) is 0 Å². The summed E-state index contributed by atoms with van der Waals surface area (Å²) in [6.45, 7) is 7.62. The van der Waals surface area contributed by atoms with E-state index in [1.165, 1.54) is 4.90 Å². The Labute approximate surface area is 290 Å². The molecule has 1 aliphatic carbocycles. The molecule has 50 heavy (non-hydrogen) atoms. The standard InChI is InChI=1S/C37H44F4N2O6S/c1-36(2,3)28-21-23(25-17-16-24(42(5)6)22-26(25)49-28)13-12-14-27-37(4,18-9-11-20-50(46,47)48)30-31(38)32(39)33(40)34(41)35(30)43(27)19-10-7-8-15-29(44)45/h12-14,16-17,21-22H,7-11,15,18-20H2,1-6H3,(H-,44,45,46,47,48). The van der Waals surface area contributed by atoms with E-state index < -0.39 is 61.8 Å². The van der Waals surface area contributed by atoms with Gasteiger partial charge < -0.3 is 19.0 Å². The maximum absolute atomic E-state index is 15.7. The molecule has 13 heteroatoms. The van der Waals surface area contributed by atoms with E-state index in [9.17, 15) is 26.5 Å². The van der Waals surface area contributed by atoms with Gasteiger partial charge in [-0.1, -0.05) is 45.8 Å². The summed E-state index contributed by atoms with van der Waals surface area (Å²) in [6.07, 6.45) is 6.08. The van der Waals surface area contributed by atoms with Crippen LogP contribution in [-0.2, 0) is 25.7 Å². The van der Waals surface area contributed by atoms with Gasteiger partial charge in [-0.25, -0.2) is 30.6 Å². The Morgan fingerprint density at radius 1 is 1.00 bits per heavy atom. The Bertz CT molecular complexity index is 1980. The molecule has 0 amide bonds. The van der Waals surface area contributed by atoms with Crippen molar-refractivity contribution in [1.82, 2.24) is 4.58 Å². The minimum atomic E-state index is -4.54. The van der Waals surface area contributed by atoms with Crippen molar-refractivity contribution in [3.63, 3.8) is 0 Å². The molecular weight excluding hydrogens is 676 g/mol. The van der Waals surface area contributed by atoms with Crippen LogP contribution in [0.4, 0.5) is 23.2 Å². The monoisotopic (exact) mass is 720 g/mol. The van der Waals surface area contributed by atoms with E-state index in [2.05, 4.69) is 0 Å². The lowest BCUT2D eigenvalue weighted by atomic mass is 9.76. The molecule has 0 aromatic heterocycles. The molecule has 0 bridgehead atoms. The van der Waals surface area contributed by atoms with Crippen LogP contribution in [0.2, 0.25) is 0 Å². The number of allylic oxidation sites excluding steroid dienone is 3. The van der Waals surface area contributed by atoms with Crippen molar-refractivity contribution in [3.8, 4) is 11.3 Å². The van der Waals surface area contributed by atoms with Crippen molar-refractivity contribution >= 4 is 27.9 Å². The molecule has 1 aromatic carbocycles. The molecule has 2 aliphatic heterocycles. The fourth-order valence-corrected chi connectivity index (χ4v) is 6.95. The molecule has 4 rings (SSSR count). The Morgan fingerprint density at radius 2 is 1.68 bits per heavy atom. The van der Waals surface area contributed by atoms with Gasteiger partial charge in [0.1, 0.15) is 25.6 Å². The number of hydrogen-bond donors (Lipinski definition) is 1. The molecule has 2 heterocycles. The molecule has 0 spiro atoms. The SMILES string of the molecule is C[N+](C)=c1ccc2c(/C=C/C=C3/N(CCCCCC(=O)O)c4c(F)c(F)c(F)c(F)c4C3(C)CCCCS(=O)(=O)[O-])cc(C(C)(C)C)oc-2c1. The van der Waals surface area contributed by atoms with E-state index in [-0.39, 0.29) is 37.6 Å². The third kappa shape index (κ3) is 8.48. The van der Waals surface area contributed by atoms with Gasteiger partial charge in [0, 0.05) is 52.4 Å². The van der Waals surface area contributed by atoms with Crippen LogP contribution in [0.3, 0.4) is 0 Å². The van der Waals surface area contributed by atoms with Crippen LogP contribution in [0.15, 0.2) is 46.5 Å². The maximum Gasteiger partial charge on any atom is 0.303 e. The lowest BCUT2D eigenvalue weighted by Gasteiger charge is -2.30. The minimum Gasteiger partial charge on any atom is -0.748 e. The normalized spacial score (nSPS) is 17.3. The van der Waals surface area contributed by atoms with Gasteiger partial charge in [-0.3, -0.25) is 4.79 Å². The summed E-state index contributed by atoms with van der Waals surface area (Å²) in [5, 5.41) is 9.96. The smallest absolute Gasteiger partial charge is 0.303 e. The molecule has 1 N–H and O–H groups in total. The Kier molecular flexibility index (Phi) is 11.7. The molecule has 0 radical (unpaired) electrons. The molecule has 272 valence electrons. The largest absolute Gasteiger partial charge is 0.748 e. The zero-order valence-electron chi connectivity index (χ0n) is 29.2. The zero-order valence-corrected chi connectivity index (χ0v) is 30.0. The van der Waals surface area contributed by atoms with E-state index >= 15 is 8.78 Å². The van der Waals surface area contributed by atoms with Gasteiger partial charge in [0.2, 0.25) is 5.36 Å². The predicted molar refractivity (Wildman–Crippen MR) is 184 cm³/mol. The molecule has 1 atom stereocenters. The van der Waals surface area contributed by atoms with Crippen LogP contribution < -0.4 is 14.8 Å². The lowest BCUT2D eigenvalue weighted by molar-refractivity contribution is -0.137. The summed E-state index contributed by atoms with van der Waals surface area (Å²) in [5.41, 5.74) is -0.791. The number of benzene rings is 2. The van der Waals surface area contributed by atoms with E-state index in [0.29, 0.717) is 36.5 Å². The van der Waals surface area contributed by atoms with Gasteiger partial charge in [0.25, 0.3) is 0 Å². The second-order valence-corrected chi connectivity index (χ2v) is 15.7. The van der Waals surface area contributed by atoms with Crippen molar-refractivity contribution in [3.05, 3.63) is 87.6 Å². The van der Waals surface area contributed by atoms with Gasteiger partial charge in [-0.2, -0.15) is 0 Å². The average molecular weight is 721 g/mol. The molecule has 8 nitrogen and oxygen atoms in total. The molecular formula is C37H44F4N2O6S. The first-order chi connectivity index (χ1) is 23.3. The summed E-state index contributed by atoms with van der Waals surface area (Å²) in [5.74, 6) is -7.34. The summed E-state index contributed by atoms with van der Waals surface area (Å²) < 4.78 is 103. The molecule has 0 saturated heterocycles. The topological polar surface area (TPSA) is 114 Å². The number of carboxylic acids is 1. The number of hydrogen-bond acceptors (Lipinski definition) is 6. The van der Waals surface area contributed by atoms with E-state index in [1.54, 1.807) is 19.1 Å². The second kappa shape index (κ2) is 15.1. The second-order valence-electron chi connectivity index (χ2n) is 14.2. The van der Waals surface area contributed by atoms with E-state index in [4.69, 9.17) is 9.52 Å². The first-order valence-electron chi connectivity index (χ1n) is 16.5. The fraction of sp³-hybridized carbons (Fsp3) is 0.459. The van der Waals surface area contributed by atoms with E-state index in [0.717, 1.165) is 16.5 Å². The molecule has 0 fully saturated rings. The van der Waals surface area contributed by atoms with Gasteiger partial charge in [0.05, 0.1) is 21.9 Å². The number of nitrogens with zero attached hydrogens (tertiary/aromatic N) is 2. The summed E-state index contributed by atoms with van der Waals surface area (Å²) >= 11 is 0. The zero-order chi connectivity index (χ0) is 37.2. The van der Waals surface area contributed by atoms with Crippen molar-refractivity contribution in [2.45, 2.75) is 83.5 Å². The maximum atomic E-state index is 15.7. The molecule has 3 aliphatic rings. The van der Waals surface area contributed by atoms with Crippen molar-refractivity contribution < 1.29 is 44.9 Å². The highest BCUT2D eigenvalue weighted by Crippen LogP contribution is 2.54. The highest BCUT2D eigenvalue weighted by Gasteiger charge is 2.48. The summed E-state index contributed by atoms with van der Waals surface area (Å²) in [6, 6.07) is 7.70. The number of carboxylic acid groups (broad SMARTS) is 1. The van der Waals surface area contributed by atoms with Crippen LogP contribution >= 0.6 is 0 Å². The van der Waals surface area contributed by atoms with Crippen molar-refractivity contribution in [1.29, 1.82) is 0 Å². The molecule has 0 saturated carbocycles. The molecule has 1 unspecified atom stereocenters. The highest BCUT2D eigenvalue weighted by atomic mass is 32.2. The first kappa shape index (κ1) is 38.8. The van der Waals surface area contributed by atoms with Crippen molar-refractivity contribution in [2.75, 3.05) is 31.3 Å². The Hall–Kier alpha value is -3.97. The number of carbonyl (C=O) groups is 1. The molecule has 1 aromatic rings. The average Bonchev–Trinajstić information content (AvgIpc) is 3.26. The number of rotatable bonds is 13. The van der Waals surface area contributed by atoms with Gasteiger partial charge in [0.15, 0.2) is 23.3 Å². The Morgan fingerprint density at radius 3 is 2.30 bits per heavy atom. The predicted octanol–water partition coefficient (Wildman–Crippen LogP) is 7.31. The minimum absolute atomic E-state index is 0.0131. The van der Waals surface area contributed by atoms with Crippen LogP contribution in [0, 0.1) is 23.3 Å². The van der Waals surface area contributed by atoms with Gasteiger partial charge in [-0.15, -0.1) is 0 Å². The van der Waals surface area contributed by atoms with Gasteiger partial charge >= 0.3 is 5.97 Å². The highest BCUT2D eigenvalue weighted by molar-refractivity contribution is 7.85. The van der Waals surface area contributed by atoms with E-state index in [1.807, 2.05) is 69.8 Å². The third-order valence-corrected chi connectivity index (χ3v) is 9.87. The number of aliphatic carboxylic acids is 1. The van der Waals surface area contributed by atoms with Gasteiger partial charge in [-0.05, 0) is 56.4 Å². The number of anilines is 1.